The molecule has 2 saturated heterocycles. The number of imide groups is 1. The lowest BCUT2D eigenvalue weighted by molar-refractivity contribution is -0.149. The van der Waals surface area contributed by atoms with Gasteiger partial charge in [-0.05, 0) is 27.7 Å². The number of fused-ring (bicyclic) bond motifs is 1. The predicted molar refractivity (Wildman–Crippen MR) is 152 cm³/mol. The molecule has 0 aliphatic carbocycles. The maximum atomic E-state index is 14.0. The molecule has 20 heteroatoms. The third-order valence-electron chi connectivity index (χ3n) is 6.72. The van der Waals surface area contributed by atoms with Crippen LogP contribution >= 0.6 is 18.1 Å². The molecule has 3 amide bonds. The molecule has 2 aromatic rings. The Labute approximate surface area is 250 Å². The first kappa shape index (κ1) is 32.8. The zero-order chi connectivity index (χ0) is 31.9. The molecule has 0 radical (unpaired) electrons. The monoisotopic (exact) mass is 646 g/mol. The van der Waals surface area contributed by atoms with Gasteiger partial charge in [0.25, 0.3) is 5.91 Å². The highest BCUT2D eigenvalue weighted by Gasteiger charge is 2.54. The summed E-state index contributed by atoms with van der Waals surface area (Å²) in [5, 5.41) is 27.4. The van der Waals surface area contributed by atoms with E-state index < -0.39 is 73.5 Å². The van der Waals surface area contributed by atoms with Gasteiger partial charge in [0, 0.05) is 12.8 Å². The first-order valence-corrected chi connectivity index (χ1v) is 16.3. The van der Waals surface area contributed by atoms with Crippen LogP contribution in [0, 0.1) is 0 Å². The van der Waals surface area contributed by atoms with E-state index in [1.54, 1.807) is 13.8 Å². The van der Waals surface area contributed by atoms with Crippen LogP contribution in [0.2, 0.25) is 0 Å². The number of nitrogens with one attached hydrogen (secondary N) is 2. The molecule has 2 fully saturated rings. The normalized spacial score (nSPS) is 27.9. The Morgan fingerprint density at radius 1 is 1.35 bits per heavy atom. The van der Waals surface area contributed by atoms with Gasteiger partial charge in [-0.2, -0.15) is 9.97 Å². The molecule has 2 aromatic heterocycles. The molecule has 2 aliphatic heterocycles. The van der Waals surface area contributed by atoms with E-state index in [0.29, 0.717) is 11.4 Å². The second-order valence-corrected chi connectivity index (χ2v) is 14.8. The second kappa shape index (κ2) is 12.5. The van der Waals surface area contributed by atoms with Gasteiger partial charge in [-0.3, -0.25) is 23.6 Å². The van der Waals surface area contributed by atoms with E-state index in [9.17, 15) is 29.2 Å². The van der Waals surface area contributed by atoms with Crippen molar-refractivity contribution in [2.45, 2.75) is 69.9 Å². The van der Waals surface area contributed by atoms with Crippen molar-refractivity contribution < 1.29 is 47.9 Å². The summed E-state index contributed by atoms with van der Waals surface area (Å²) >= 11 is 0.677. The molecule has 2 unspecified atom stereocenters. The van der Waals surface area contributed by atoms with E-state index in [0.717, 1.165) is 4.90 Å². The van der Waals surface area contributed by atoms with Gasteiger partial charge in [-0.1, -0.05) is 11.4 Å². The molecule has 18 nitrogen and oxygen atoms in total. The number of urea groups is 1. The number of carbonyl (C=O) groups excluding carboxylic acids is 3. The van der Waals surface area contributed by atoms with E-state index in [1.165, 1.54) is 38.9 Å². The highest BCUT2D eigenvalue weighted by atomic mass is 32.7. The van der Waals surface area contributed by atoms with Crippen LogP contribution in [0.15, 0.2) is 6.33 Å². The molecule has 0 saturated carbocycles. The smallest absolute Gasteiger partial charge is 0.327 e. The van der Waals surface area contributed by atoms with Crippen molar-refractivity contribution in [2.24, 2.45) is 0 Å². The molecule has 0 aromatic carbocycles. The summed E-state index contributed by atoms with van der Waals surface area (Å²) in [6.07, 6.45) is -3.16. The Bertz CT molecular complexity index is 1440. The number of likely N-dealkylation sites (N-methyl/N-ethyl adjacent to an activating group) is 1. The first-order valence-electron chi connectivity index (χ1n) is 13.1. The number of carbonyl (C=O) groups is 3. The number of nitrogens with two attached hydrogens (primary N) is 1. The van der Waals surface area contributed by atoms with Crippen LogP contribution in [0.25, 0.3) is 11.2 Å². The molecule has 0 spiro atoms. The molecule has 2 aliphatic rings. The van der Waals surface area contributed by atoms with Gasteiger partial charge in [0.05, 0.1) is 26.1 Å². The van der Waals surface area contributed by atoms with Crippen LogP contribution in [0.5, 0.6) is 5.88 Å². The number of aromatic nitrogens is 4. The SMILES string of the molecule is COc1nc(N)nc2c1ncn2[C@@H]1O[C@H](COP(=O)(N[C@H](C)C(=O)OC(C)C)SC[C@@H]2NC(=O)N(C)C2=O)[C@@H](O)C1(C)O. The Balaban J connectivity index is 1.53. The van der Waals surface area contributed by atoms with E-state index in [1.807, 2.05) is 0 Å². The maximum Gasteiger partial charge on any atom is 0.327 e. The van der Waals surface area contributed by atoms with Crippen molar-refractivity contribution in [3.63, 3.8) is 0 Å². The van der Waals surface area contributed by atoms with Crippen LogP contribution in [0.1, 0.15) is 33.9 Å². The number of anilines is 1. The van der Waals surface area contributed by atoms with E-state index >= 15 is 0 Å². The Kier molecular flexibility index (Phi) is 9.55. The second-order valence-electron chi connectivity index (χ2n) is 10.4. The minimum atomic E-state index is -4.05. The number of ether oxygens (including phenoxy) is 3. The number of nitrogen functional groups attached to an aromatic ring is 1. The number of imidazole rings is 1. The van der Waals surface area contributed by atoms with E-state index in [-0.39, 0.29) is 28.7 Å². The fraction of sp³-hybridized carbons (Fsp3) is 0.652. The van der Waals surface area contributed by atoms with Crippen LogP contribution < -0.4 is 20.9 Å². The average Bonchev–Trinajstić information content (AvgIpc) is 3.53. The van der Waals surface area contributed by atoms with Crippen LogP contribution in [-0.4, -0.2) is 115 Å². The minimum absolute atomic E-state index is 0.0941. The summed E-state index contributed by atoms with van der Waals surface area (Å²) in [7, 11) is 2.68. The highest BCUT2D eigenvalue weighted by molar-refractivity contribution is 8.56. The third-order valence-corrected chi connectivity index (χ3v) is 10.8. The number of nitrogens with zero attached hydrogens (tertiary/aromatic N) is 5. The van der Waals surface area contributed by atoms with Crippen LogP contribution in [-0.2, 0) is 28.2 Å². The zero-order valence-electron chi connectivity index (χ0n) is 24.3. The van der Waals surface area contributed by atoms with Crippen LogP contribution in [0.4, 0.5) is 10.7 Å². The number of hydrogen-bond acceptors (Lipinski definition) is 15. The van der Waals surface area contributed by atoms with Gasteiger partial charge in [0.15, 0.2) is 17.4 Å². The lowest BCUT2D eigenvalue weighted by atomic mass is 9.96. The molecule has 4 rings (SSSR count). The van der Waals surface area contributed by atoms with Crippen molar-refractivity contribution >= 4 is 53.1 Å². The highest BCUT2D eigenvalue weighted by Crippen LogP contribution is 2.57. The number of aliphatic hydroxyl groups is 2. The molecule has 43 heavy (non-hydrogen) atoms. The van der Waals surface area contributed by atoms with E-state index in [4.69, 9.17) is 24.5 Å². The maximum absolute atomic E-state index is 14.0. The number of amides is 3. The van der Waals surface area contributed by atoms with Gasteiger partial charge in [0.2, 0.25) is 11.8 Å². The Morgan fingerprint density at radius 2 is 2.05 bits per heavy atom. The zero-order valence-corrected chi connectivity index (χ0v) is 26.0. The molecular weight excluding hydrogens is 611 g/mol. The Hall–Kier alpha value is -3.06. The number of rotatable bonds is 12. The predicted octanol–water partition coefficient (Wildman–Crippen LogP) is -0.236. The average molecular weight is 647 g/mol. The summed E-state index contributed by atoms with van der Waals surface area (Å²) in [5.74, 6) is -1.42. The summed E-state index contributed by atoms with van der Waals surface area (Å²) in [6, 6.07) is -2.70. The number of aliphatic hydroxyl groups excluding tert-OH is 1. The minimum Gasteiger partial charge on any atom is -0.479 e. The number of hydrogen-bond donors (Lipinski definition) is 5. The van der Waals surface area contributed by atoms with Gasteiger partial charge in [-0.25, -0.2) is 14.9 Å². The largest absolute Gasteiger partial charge is 0.479 e. The standard InChI is InChI=1S/C23H35N8O10PS/c1-10(2)40-19(34)11(3)29-42(37,43-8-12-18(33)30(5)22(35)26-12)39-7-13-15(32)23(4,36)20(41-13)31-9-25-14-16(31)27-21(24)28-17(14)38-6/h9-13,15,20,32,36H,7-8H2,1-6H3,(H,26,35)(H,29,37)(H2,24,27,28)/t11-,12+,13-,15-,20-,23?,42?/m1/s1. The van der Waals surface area contributed by atoms with E-state index in [2.05, 4.69) is 25.4 Å². The third kappa shape index (κ3) is 6.72. The molecule has 7 atom stereocenters. The quantitative estimate of drug-likeness (QED) is 0.114. The van der Waals surface area contributed by atoms with Crippen molar-refractivity contribution in [2.75, 3.05) is 32.3 Å². The van der Waals surface area contributed by atoms with Crippen molar-refractivity contribution in [1.82, 2.24) is 34.8 Å². The Morgan fingerprint density at radius 3 is 2.65 bits per heavy atom. The molecule has 0 bridgehead atoms. The summed E-state index contributed by atoms with van der Waals surface area (Å²) in [4.78, 5) is 49.9. The summed E-state index contributed by atoms with van der Waals surface area (Å²) < 4.78 is 37.4. The topological polar surface area (TPSA) is 243 Å². The summed E-state index contributed by atoms with van der Waals surface area (Å²) in [5.41, 5.74) is 4.27. The fourth-order valence-electron chi connectivity index (χ4n) is 4.43. The molecular formula is C23H35N8O10PS. The van der Waals surface area contributed by atoms with Crippen LogP contribution in [0.3, 0.4) is 0 Å². The molecule has 6 N–H and O–H groups in total. The summed E-state index contributed by atoms with van der Waals surface area (Å²) in [6.45, 7) is 1.49. The number of esters is 1. The lowest BCUT2D eigenvalue weighted by Gasteiger charge is -2.27. The van der Waals surface area contributed by atoms with Gasteiger partial charge in [0.1, 0.15) is 29.9 Å². The van der Waals surface area contributed by atoms with Crippen molar-refractivity contribution in [1.29, 1.82) is 0 Å². The van der Waals surface area contributed by atoms with Gasteiger partial charge >= 0.3 is 18.7 Å². The molecule has 4 heterocycles. The molecule has 238 valence electrons. The first-order chi connectivity index (χ1) is 20.1. The fourth-order valence-corrected chi connectivity index (χ4v) is 8.29. The van der Waals surface area contributed by atoms with Gasteiger partial charge in [-0.15, -0.1) is 0 Å². The van der Waals surface area contributed by atoms with Crippen molar-refractivity contribution in [3.8, 4) is 5.88 Å². The van der Waals surface area contributed by atoms with Crippen molar-refractivity contribution in [3.05, 3.63) is 6.33 Å². The van der Waals surface area contributed by atoms with Gasteiger partial charge < -0.3 is 40.0 Å². The lowest BCUT2D eigenvalue weighted by Crippen LogP contribution is -2.44. The number of methoxy groups -OCH3 is 1.